The Labute approximate surface area is 605 Å². The van der Waals surface area contributed by atoms with E-state index in [1.807, 2.05) is 18.2 Å². The Morgan fingerprint density at radius 3 is 0.880 bits per heavy atom. The molecule has 5 atom stereocenters. The zero-order chi connectivity index (χ0) is 73.2. The Bertz CT molecular complexity index is 2420. The lowest BCUT2D eigenvalue weighted by atomic mass is 10.1. The quantitative estimate of drug-likeness (QED) is 0.0169. The van der Waals surface area contributed by atoms with E-state index in [1.54, 1.807) is 0 Å². The molecule has 0 aromatic heterocycles. The molecule has 17 nitrogen and oxygen atoms in total. The van der Waals surface area contributed by atoms with E-state index in [9.17, 15) is 43.2 Å². The van der Waals surface area contributed by atoms with Crippen molar-refractivity contribution in [1.29, 1.82) is 0 Å². The summed E-state index contributed by atoms with van der Waals surface area (Å²) in [5, 5.41) is 10.6. The summed E-state index contributed by atoms with van der Waals surface area (Å²) in [4.78, 5) is 72.8. The molecular weight excluding hydrogens is 1310 g/mol. The first kappa shape index (κ1) is 95.2. The predicted octanol–water partition coefficient (Wildman–Crippen LogP) is 22.1. The first-order valence-corrected chi connectivity index (χ1v) is 41.4. The molecule has 0 aromatic carbocycles. The Morgan fingerprint density at radius 1 is 0.290 bits per heavy atom. The van der Waals surface area contributed by atoms with Crippen molar-refractivity contribution in [2.24, 2.45) is 0 Å². The second-order valence-corrected chi connectivity index (χ2v) is 28.1. The standard InChI is InChI=1S/C81H136O17P2/c1-5-9-13-17-21-25-29-32-34-36-37-39-41-44-47-50-54-58-62-66-79(84)92-72-77(98-81(86)68-64-60-56-52-48-42-31-27-23-19-15-11-7-3)74-96-100(89,90)94-70-75(82)69-93-99(87,88)95-73-76(97-80(85)67-63-59-55-51-45-28-24-20-16-12-8-4)71-91-78(83)65-61-57-53-49-46-43-40-38-35-33-30-26-22-18-14-10-6-2/h9-10,13-14,21-22,25-27,31-35,37,39-40,43-44,47,54,58,75-77,82H,5-8,11-12,15-20,23-24,28-30,36,38,41-42,45-46,48-53,55-57,59-74H2,1-4H3,(H,87,88)(H,89,90)/b13-9-,14-10-,25-21-,26-22-,31-27-,34-32-,35-33-,39-37-,43-40-,47-44-,58-54-. The maximum absolute atomic E-state index is 13.1. The fourth-order valence-corrected chi connectivity index (χ4v) is 11.4. The zero-order valence-corrected chi connectivity index (χ0v) is 64.1. The summed E-state index contributed by atoms with van der Waals surface area (Å²) in [7, 11) is -9.98. The summed E-state index contributed by atoms with van der Waals surface area (Å²) in [6, 6.07) is 0. The van der Waals surface area contributed by atoms with Gasteiger partial charge in [-0.2, -0.15) is 0 Å². The minimum atomic E-state index is -4.99. The number of phosphoric acid groups is 2. The lowest BCUT2D eigenvalue weighted by Crippen LogP contribution is -2.30. The molecule has 0 aromatic rings. The third kappa shape index (κ3) is 71.6. The number of hydrogen-bond acceptors (Lipinski definition) is 15. The molecule has 0 aliphatic carbocycles. The molecule has 0 spiro atoms. The number of allylic oxidation sites excluding steroid dienone is 22. The molecule has 19 heteroatoms. The molecule has 572 valence electrons. The van der Waals surface area contributed by atoms with E-state index in [0.717, 1.165) is 148 Å². The fraction of sp³-hybridized carbons (Fsp3) is 0.679. The number of hydrogen-bond donors (Lipinski definition) is 3. The van der Waals surface area contributed by atoms with Gasteiger partial charge < -0.3 is 33.8 Å². The van der Waals surface area contributed by atoms with E-state index in [2.05, 4.69) is 143 Å². The number of phosphoric ester groups is 2. The van der Waals surface area contributed by atoms with Crippen LogP contribution < -0.4 is 0 Å². The molecule has 0 saturated carbocycles. The summed E-state index contributed by atoms with van der Waals surface area (Å²) >= 11 is 0. The molecule has 0 aliphatic heterocycles. The molecule has 100 heavy (non-hydrogen) atoms. The van der Waals surface area contributed by atoms with Crippen LogP contribution in [0, 0.1) is 0 Å². The minimum absolute atomic E-state index is 0.0321. The average Bonchev–Trinajstić information content (AvgIpc) is 0.940. The molecule has 0 rings (SSSR count). The largest absolute Gasteiger partial charge is 0.472 e. The van der Waals surface area contributed by atoms with Crippen LogP contribution in [0.5, 0.6) is 0 Å². The smallest absolute Gasteiger partial charge is 0.462 e. The summed E-state index contributed by atoms with van der Waals surface area (Å²) in [6.45, 7) is 4.50. The van der Waals surface area contributed by atoms with Crippen LogP contribution in [0.3, 0.4) is 0 Å². The highest BCUT2D eigenvalue weighted by Gasteiger charge is 2.30. The van der Waals surface area contributed by atoms with Crippen LogP contribution in [-0.2, 0) is 65.4 Å². The van der Waals surface area contributed by atoms with Gasteiger partial charge in [0.15, 0.2) is 12.2 Å². The Hall–Kier alpha value is -4.80. The van der Waals surface area contributed by atoms with Crippen LogP contribution >= 0.6 is 15.6 Å². The van der Waals surface area contributed by atoms with Gasteiger partial charge in [0, 0.05) is 25.7 Å². The van der Waals surface area contributed by atoms with Crippen LogP contribution in [-0.4, -0.2) is 96.7 Å². The van der Waals surface area contributed by atoms with E-state index < -0.39 is 97.5 Å². The number of carbonyl (C=O) groups excluding carboxylic acids is 4. The molecule has 5 unspecified atom stereocenters. The molecule has 0 saturated heterocycles. The van der Waals surface area contributed by atoms with E-state index in [4.69, 9.17) is 37.0 Å². The first-order chi connectivity index (χ1) is 48.7. The van der Waals surface area contributed by atoms with Gasteiger partial charge in [0.05, 0.1) is 26.4 Å². The van der Waals surface area contributed by atoms with Gasteiger partial charge in [-0.1, -0.05) is 277 Å². The van der Waals surface area contributed by atoms with Gasteiger partial charge in [0.2, 0.25) is 0 Å². The SMILES string of the molecule is CC/C=C\C/C=C\C/C=C\C/C=C\C/C=C\C/C=C\CCC(=O)OCC(COP(=O)(O)OCC(O)COP(=O)(O)OCC(COC(=O)CCCCCC/C=C\C/C=C\C/C=C\C/C=C\CC)OC(=O)CCCCCCCCCCCCC)OC(=O)CCCCCCC/C=C\CCCCCC. The van der Waals surface area contributed by atoms with Crippen molar-refractivity contribution < 1.29 is 80.2 Å². The summed E-state index contributed by atoms with van der Waals surface area (Å²) in [5.41, 5.74) is 0. The average molecular weight is 1440 g/mol. The van der Waals surface area contributed by atoms with Gasteiger partial charge in [0.25, 0.3) is 0 Å². The number of carbonyl (C=O) groups is 4. The molecular formula is C81H136O17P2. The maximum Gasteiger partial charge on any atom is 0.472 e. The Morgan fingerprint density at radius 2 is 0.540 bits per heavy atom. The maximum atomic E-state index is 13.1. The van der Waals surface area contributed by atoms with Gasteiger partial charge in [-0.3, -0.25) is 37.3 Å². The third-order valence-electron chi connectivity index (χ3n) is 15.6. The first-order valence-electron chi connectivity index (χ1n) is 38.4. The van der Waals surface area contributed by atoms with Crippen molar-refractivity contribution in [2.75, 3.05) is 39.6 Å². The lowest BCUT2D eigenvalue weighted by molar-refractivity contribution is -0.161. The molecule has 0 amide bonds. The normalized spacial score (nSPS) is 14.7. The van der Waals surface area contributed by atoms with Crippen LogP contribution in [0.4, 0.5) is 0 Å². The Kier molecular flexibility index (Phi) is 69.1. The highest BCUT2D eigenvalue weighted by Crippen LogP contribution is 2.45. The Balaban J connectivity index is 5.40. The van der Waals surface area contributed by atoms with E-state index >= 15 is 0 Å². The molecule has 0 radical (unpaired) electrons. The van der Waals surface area contributed by atoms with Gasteiger partial charge in [-0.25, -0.2) is 9.13 Å². The molecule has 3 N–H and O–H groups in total. The van der Waals surface area contributed by atoms with E-state index in [1.165, 1.54) is 64.2 Å². The van der Waals surface area contributed by atoms with Crippen molar-refractivity contribution in [2.45, 2.75) is 316 Å². The van der Waals surface area contributed by atoms with Crippen molar-refractivity contribution >= 4 is 39.5 Å². The highest BCUT2D eigenvalue weighted by molar-refractivity contribution is 7.47. The van der Waals surface area contributed by atoms with Gasteiger partial charge in [0.1, 0.15) is 19.3 Å². The molecule has 0 aliphatic rings. The highest BCUT2D eigenvalue weighted by atomic mass is 31.2. The third-order valence-corrected chi connectivity index (χ3v) is 17.5. The topological polar surface area (TPSA) is 237 Å². The predicted molar refractivity (Wildman–Crippen MR) is 408 cm³/mol. The second kappa shape index (κ2) is 72.5. The number of unbranched alkanes of at least 4 members (excludes halogenated alkanes) is 23. The van der Waals surface area contributed by atoms with Gasteiger partial charge in [-0.15, -0.1) is 0 Å². The molecule has 0 fully saturated rings. The van der Waals surface area contributed by atoms with Crippen LogP contribution in [0.15, 0.2) is 134 Å². The number of aliphatic hydroxyl groups excluding tert-OH is 1. The van der Waals surface area contributed by atoms with E-state index in [-0.39, 0.29) is 25.7 Å². The van der Waals surface area contributed by atoms with Crippen molar-refractivity contribution in [3.8, 4) is 0 Å². The van der Waals surface area contributed by atoms with Crippen LogP contribution in [0.2, 0.25) is 0 Å². The fourth-order valence-electron chi connectivity index (χ4n) is 9.82. The van der Waals surface area contributed by atoms with Crippen LogP contribution in [0.1, 0.15) is 297 Å². The number of ether oxygens (including phenoxy) is 4. The number of rotatable bonds is 71. The second-order valence-electron chi connectivity index (χ2n) is 25.2. The van der Waals surface area contributed by atoms with Crippen molar-refractivity contribution in [1.82, 2.24) is 0 Å². The van der Waals surface area contributed by atoms with E-state index in [0.29, 0.717) is 32.1 Å². The van der Waals surface area contributed by atoms with Crippen molar-refractivity contribution in [3.05, 3.63) is 134 Å². The molecule has 0 heterocycles. The van der Waals surface area contributed by atoms with Crippen molar-refractivity contribution in [3.63, 3.8) is 0 Å². The van der Waals surface area contributed by atoms with Gasteiger partial charge in [-0.05, 0) is 128 Å². The number of esters is 4. The lowest BCUT2D eigenvalue weighted by Gasteiger charge is -2.21. The van der Waals surface area contributed by atoms with Crippen LogP contribution in [0.25, 0.3) is 0 Å². The summed E-state index contributed by atoms with van der Waals surface area (Å²) in [6.07, 6.45) is 80.3. The van der Waals surface area contributed by atoms with Gasteiger partial charge >= 0.3 is 39.5 Å². The zero-order valence-electron chi connectivity index (χ0n) is 62.3. The summed E-state index contributed by atoms with van der Waals surface area (Å²) in [5.74, 6) is -2.31. The molecule has 0 bridgehead atoms. The monoisotopic (exact) mass is 1440 g/mol. The number of aliphatic hydroxyl groups is 1. The summed E-state index contributed by atoms with van der Waals surface area (Å²) < 4.78 is 68.3. The minimum Gasteiger partial charge on any atom is -0.462 e.